The van der Waals surface area contributed by atoms with E-state index < -0.39 is 16.1 Å². The van der Waals surface area contributed by atoms with Crippen LogP contribution in [-0.4, -0.2) is 20.1 Å². The molecule has 2 N–H and O–H groups in total. The van der Waals surface area contributed by atoms with Crippen molar-refractivity contribution in [1.29, 1.82) is 0 Å². The van der Waals surface area contributed by atoms with E-state index in [-0.39, 0.29) is 11.7 Å². The summed E-state index contributed by atoms with van der Waals surface area (Å²) in [5.74, 6) is 0. The van der Waals surface area contributed by atoms with Crippen molar-refractivity contribution in [2.24, 2.45) is 0 Å². The van der Waals surface area contributed by atoms with Crippen LogP contribution in [0.15, 0.2) is 70.2 Å². The second-order valence-corrected chi connectivity index (χ2v) is 6.52. The van der Waals surface area contributed by atoms with Gasteiger partial charge in [-0.2, -0.15) is 4.72 Å². The van der Waals surface area contributed by atoms with E-state index >= 15 is 0 Å². The van der Waals surface area contributed by atoms with Crippen LogP contribution >= 0.6 is 0 Å². The van der Waals surface area contributed by atoms with Crippen LogP contribution in [0.4, 0.5) is 0 Å². The number of hydrogen-bond donors (Lipinski definition) is 2. The number of hydrogen-bond acceptors (Lipinski definition) is 4. The normalized spacial score (nSPS) is 13.3. The van der Waals surface area contributed by atoms with Crippen molar-refractivity contribution in [1.82, 2.24) is 4.72 Å². The molecule has 0 radical (unpaired) electrons. The highest BCUT2D eigenvalue weighted by Gasteiger charge is 2.24. The first-order valence-corrected chi connectivity index (χ1v) is 8.25. The molecule has 0 saturated heterocycles. The van der Waals surface area contributed by atoms with E-state index in [4.69, 9.17) is 4.42 Å². The van der Waals surface area contributed by atoms with Crippen LogP contribution < -0.4 is 4.72 Å². The number of aliphatic hydroxyl groups excluding tert-OH is 1. The molecule has 0 unspecified atom stereocenters. The van der Waals surface area contributed by atoms with Crippen molar-refractivity contribution in [2.45, 2.75) is 11.1 Å². The van der Waals surface area contributed by atoms with Crippen molar-refractivity contribution in [3.05, 3.63) is 66.2 Å². The van der Waals surface area contributed by atoms with E-state index in [9.17, 15) is 13.5 Å². The highest BCUT2D eigenvalue weighted by atomic mass is 32.2. The summed E-state index contributed by atoms with van der Waals surface area (Å²) in [5.41, 5.74) is 1.19. The molecule has 3 aromatic rings. The van der Waals surface area contributed by atoms with Crippen LogP contribution in [0.3, 0.4) is 0 Å². The number of fused-ring (bicyclic) bond motifs is 1. The molecule has 1 heterocycles. The van der Waals surface area contributed by atoms with Gasteiger partial charge in [0.1, 0.15) is 5.58 Å². The molecule has 0 saturated carbocycles. The smallest absolute Gasteiger partial charge is 0.274 e. The molecular formula is C16H15NO4S. The van der Waals surface area contributed by atoms with Gasteiger partial charge in [0.2, 0.25) is 5.09 Å². The number of para-hydroxylation sites is 1. The van der Waals surface area contributed by atoms with E-state index in [0.29, 0.717) is 16.5 Å². The van der Waals surface area contributed by atoms with Gasteiger partial charge in [0, 0.05) is 11.5 Å². The van der Waals surface area contributed by atoms with Gasteiger partial charge in [-0.15, -0.1) is 0 Å². The Kier molecular flexibility index (Phi) is 3.98. The Morgan fingerprint density at radius 2 is 1.73 bits per heavy atom. The van der Waals surface area contributed by atoms with E-state index in [1.165, 1.54) is 6.07 Å². The van der Waals surface area contributed by atoms with Gasteiger partial charge in [-0.05, 0) is 11.6 Å². The summed E-state index contributed by atoms with van der Waals surface area (Å²) in [5, 5.41) is 10.0. The van der Waals surface area contributed by atoms with Crippen molar-refractivity contribution in [3.63, 3.8) is 0 Å². The van der Waals surface area contributed by atoms with Gasteiger partial charge in [-0.1, -0.05) is 48.5 Å². The van der Waals surface area contributed by atoms with Crippen molar-refractivity contribution in [2.75, 3.05) is 6.61 Å². The maximum atomic E-state index is 12.4. The summed E-state index contributed by atoms with van der Waals surface area (Å²) in [6.07, 6.45) is 0. The lowest BCUT2D eigenvalue weighted by Gasteiger charge is -2.15. The molecule has 114 valence electrons. The molecule has 3 rings (SSSR count). The van der Waals surface area contributed by atoms with E-state index in [0.717, 1.165) is 0 Å². The first-order valence-electron chi connectivity index (χ1n) is 6.77. The topological polar surface area (TPSA) is 79.5 Å². The Labute approximate surface area is 128 Å². The number of benzene rings is 2. The number of aliphatic hydroxyl groups is 1. The summed E-state index contributed by atoms with van der Waals surface area (Å²) >= 11 is 0. The zero-order valence-corrected chi connectivity index (χ0v) is 12.5. The number of nitrogens with one attached hydrogen (secondary N) is 1. The predicted molar refractivity (Wildman–Crippen MR) is 82.8 cm³/mol. The quantitative estimate of drug-likeness (QED) is 0.757. The first kappa shape index (κ1) is 14.8. The molecule has 6 heteroatoms. The van der Waals surface area contributed by atoms with Crippen LogP contribution in [0.1, 0.15) is 11.6 Å². The second kappa shape index (κ2) is 5.92. The van der Waals surface area contributed by atoms with E-state index in [1.807, 2.05) is 12.1 Å². The highest BCUT2D eigenvalue weighted by molar-refractivity contribution is 7.89. The van der Waals surface area contributed by atoms with Gasteiger partial charge in [-0.25, -0.2) is 8.42 Å². The standard InChI is InChI=1S/C16H15NO4S/c18-11-14(12-6-2-1-3-7-12)17-22(19,20)16-10-13-8-4-5-9-15(13)21-16/h1-10,14,17-18H,11H2/t14-/m0/s1. The Morgan fingerprint density at radius 1 is 1.05 bits per heavy atom. The van der Waals surface area contributed by atoms with Crippen LogP contribution in [-0.2, 0) is 10.0 Å². The Morgan fingerprint density at radius 3 is 2.41 bits per heavy atom. The second-order valence-electron chi connectivity index (χ2n) is 4.87. The average Bonchev–Trinajstić information content (AvgIpc) is 2.98. The number of furan rings is 1. The zero-order valence-electron chi connectivity index (χ0n) is 11.6. The SMILES string of the molecule is O=S(=O)(N[C@@H](CO)c1ccccc1)c1cc2ccccc2o1. The van der Waals surface area contributed by atoms with Gasteiger partial charge < -0.3 is 9.52 Å². The molecule has 0 bridgehead atoms. The van der Waals surface area contributed by atoms with Gasteiger partial charge in [0.05, 0.1) is 12.6 Å². The maximum absolute atomic E-state index is 12.4. The molecule has 0 spiro atoms. The number of rotatable bonds is 5. The first-order chi connectivity index (χ1) is 10.6. The molecule has 0 fully saturated rings. The molecule has 2 aromatic carbocycles. The molecule has 1 atom stereocenters. The summed E-state index contributed by atoms with van der Waals surface area (Å²) in [6.45, 7) is -0.344. The molecule has 0 amide bonds. The molecule has 0 aliphatic heterocycles. The number of sulfonamides is 1. The molecule has 0 aliphatic carbocycles. The lowest BCUT2D eigenvalue weighted by atomic mass is 10.1. The van der Waals surface area contributed by atoms with E-state index in [2.05, 4.69) is 4.72 Å². The summed E-state index contributed by atoms with van der Waals surface area (Å²) in [6, 6.07) is 16.7. The molecular weight excluding hydrogens is 302 g/mol. The Hall–Kier alpha value is -2.15. The predicted octanol–water partition coefficient (Wildman–Crippen LogP) is 2.44. The maximum Gasteiger partial charge on any atom is 0.274 e. The summed E-state index contributed by atoms with van der Waals surface area (Å²) in [4.78, 5) is 0. The third-order valence-electron chi connectivity index (χ3n) is 3.35. The van der Waals surface area contributed by atoms with Crippen molar-refractivity contribution in [3.8, 4) is 0 Å². The fourth-order valence-electron chi connectivity index (χ4n) is 2.23. The molecule has 22 heavy (non-hydrogen) atoms. The summed E-state index contributed by atoms with van der Waals surface area (Å²) < 4.78 is 32.7. The van der Waals surface area contributed by atoms with E-state index in [1.54, 1.807) is 42.5 Å². The zero-order chi connectivity index (χ0) is 15.6. The monoisotopic (exact) mass is 317 g/mol. The lowest BCUT2D eigenvalue weighted by Crippen LogP contribution is -2.30. The molecule has 1 aromatic heterocycles. The fourth-order valence-corrected chi connectivity index (χ4v) is 3.41. The van der Waals surface area contributed by atoms with Crippen LogP contribution in [0.5, 0.6) is 0 Å². The lowest BCUT2D eigenvalue weighted by molar-refractivity contribution is 0.258. The van der Waals surface area contributed by atoms with Gasteiger partial charge in [0.15, 0.2) is 0 Å². The van der Waals surface area contributed by atoms with Gasteiger partial charge >= 0.3 is 0 Å². The van der Waals surface area contributed by atoms with Crippen LogP contribution in [0.25, 0.3) is 11.0 Å². The molecule has 0 aliphatic rings. The van der Waals surface area contributed by atoms with Gasteiger partial charge in [-0.3, -0.25) is 0 Å². The minimum absolute atomic E-state index is 0.164. The largest absolute Gasteiger partial charge is 0.443 e. The molecule has 5 nitrogen and oxygen atoms in total. The van der Waals surface area contributed by atoms with Crippen molar-refractivity contribution >= 4 is 21.0 Å². The van der Waals surface area contributed by atoms with Crippen LogP contribution in [0.2, 0.25) is 0 Å². The fraction of sp³-hybridized carbons (Fsp3) is 0.125. The third kappa shape index (κ3) is 2.89. The van der Waals surface area contributed by atoms with Gasteiger partial charge in [0.25, 0.3) is 10.0 Å². The Bertz CT molecular complexity index is 838. The van der Waals surface area contributed by atoms with Crippen LogP contribution in [0, 0.1) is 0 Å². The van der Waals surface area contributed by atoms with Crippen molar-refractivity contribution < 1.29 is 17.9 Å². The summed E-state index contributed by atoms with van der Waals surface area (Å²) in [7, 11) is -3.86. The minimum Gasteiger partial charge on any atom is -0.443 e. The minimum atomic E-state index is -3.86. The Balaban J connectivity index is 1.92. The highest BCUT2D eigenvalue weighted by Crippen LogP contribution is 2.24. The third-order valence-corrected chi connectivity index (χ3v) is 4.68. The average molecular weight is 317 g/mol.